The Morgan fingerprint density at radius 2 is 2.12 bits per heavy atom. The van der Waals surface area contributed by atoms with Gasteiger partial charge >= 0.3 is 5.69 Å². The monoisotopic (exact) mass is 231 g/mol. The Labute approximate surface area is 100 Å². The molecular formula is C13H17N3O. The summed E-state index contributed by atoms with van der Waals surface area (Å²) in [4.78, 5) is 14.6. The number of benzene rings is 1. The molecule has 0 amide bonds. The first-order chi connectivity index (χ1) is 8.22. The maximum Gasteiger partial charge on any atom is 0.348 e. The minimum Gasteiger partial charge on any atom is -0.292 e. The maximum absolute atomic E-state index is 11.8. The third-order valence-electron chi connectivity index (χ3n) is 2.78. The fourth-order valence-corrected chi connectivity index (χ4v) is 1.79. The second-order valence-corrected chi connectivity index (χ2v) is 4.18. The molecule has 0 unspecified atom stereocenters. The summed E-state index contributed by atoms with van der Waals surface area (Å²) in [7, 11) is 0. The molecule has 0 aliphatic rings. The van der Waals surface area contributed by atoms with Gasteiger partial charge in [0.2, 0.25) is 0 Å². The summed E-state index contributed by atoms with van der Waals surface area (Å²) in [5.41, 5.74) is 1.73. The second-order valence-electron chi connectivity index (χ2n) is 4.18. The summed E-state index contributed by atoms with van der Waals surface area (Å²) in [6.07, 6.45) is 2.96. The molecule has 0 aliphatic heterocycles. The largest absolute Gasteiger partial charge is 0.348 e. The standard InChI is InChI=1S/C13H17N3O/c1-3-4-9-12-14-13(17)16(15-12)11-8-6-5-7-10(11)2/h5-8H,3-4,9H2,1-2H3,(H,14,15,17). The van der Waals surface area contributed by atoms with E-state index in [1.807, 2.05) is 31.2 Å². The van der Waals surface area contributed by atoms with Gasteiger partial charge in [0.05, 0.1) is 5.69 Å². The van der Waals surface area contributed by atoms with Crippen molar-refractivity contribution in [3.05, 3.63) is 46.1 Å². The Bertz CT molecular complexity index is 554. The molecule has 2 aromatic rings. The molecule has 0 radical (unpaired) electrons. The Balaban J connectivity index is 2.37. The topological polar surface area (TPSA) is 50.7 Å². The van der Waals surface area contributed by atoms with Gasteiger partial charge in [0.15, 0.2) is 0 Å². The zero-order valence-electron chi connectivity index (χ0n) is 10.2. The number of para-hydroxylation sites is 1. The lowest BCUT2D eigenvalue weighted by atomic mass is 10.2. The predicted molar refractivity (Wildman–Crippen MR) is 67.5 cm³/mol. The molecule has 1 N–H and O–H groups in total. The van der Waals surface area contributed by atoms with Crippen molar-refractivity contribution >= 4 is 0 Å². The molecule has 1 aromatic heterocycles. The van der Waals surface area contributed by atoms with Gasteiger partial charge in [-0.05, 0) is 25.0 Å². The maximum atomic E-state index is 11.8. The molecule has 4 nitrogen and oxygen atoms in total. The van der Waals surface area contributed by atoms with E-state index in [2.05, 4.69) is 17.0 Å². The van der Waals surface area contributed by atoms with Crippen molar-refractivity contribution < 1.29 is 0 Å². The molecule has 0 aliphatic carbocycles. The summed E-state index contributed by atoms with van der Waals surface area (Å²) < 4.78 is 1.44. The normalized spacial score (nSPS) is 10.7. The first-order valence-corrected chi connectivity index (χ1v) is 5.96. The van der Waals surface area contributed by atoms with Crippen LogP contribution in [-0.4, -0.2) is 14.8 Å². The van der Waals surface area contributed by atoms with E-state index in [-0.39, 0.29) is 5.69 Å². The number of H-pyrrole nitrogens is 1. The fraction of sp³-hybridized carbons (Fsp3) is 0.385. The molecule has 0 spiro atoms. The lowest BCUT2D eigenvalue weighted by molar-refractivity contribution is 0.739. The van der Waals surface area contributed by atoms with Gasteiger partial charge < -0.3 is 0 Å². The smallest absolute Gasteiger partial charge is 0.292 e. The molecule has 1 aromatic carbocycles. The minimum atomic E-state index is -0.162. The van der Waals surface area contributed by atoms with Crippen LogP contribution in [0.1, 0.15) is 31.2 Å². The van der Waals surface area contributed by atoms with Crippen LogP contribution in [0.3, 0.4) is 0 Å². The van der Waals surface area contributed by atoms with Gasteiger partial charge in [-0.1, -0.05) is 31.5 Å². The highest BCUT2D eigenvalue weighted by atomic mass is 16.1. The van der Waals surface area contributed by atoms with Gasteiger partial charge in [-0.25, -0.2) is 4.79 Å². The molecule has 0 bridgehead atoms. The number of unbranched alkanes of at least 4 members (excludes halogenated alkanes) is 1. The number of hydrogen-bond donors (Lipinski definition) is 1. The van der Waals surface area contributed by atoms with Crippen molar-refractivity contribution in [2.45, 2.75) is 33.1 Å². The SMILES string of the molecule is CCCCc1nn(-c2ccccc2C)c(=O)[nH]1. The minimum absolute atomic E-state index is 0.162. The van der Waals surface area contributed by atoms with E-state index < -0.39 is 0 Å². The van der Waals surface area contributed by atoms with Gasteiger partial charge in [-0.2, -0.15) is 9.78 Å². The highest BCUT2D eigenvalue weighted by Crippen LogP contribution is 2.10. The molecule has 0 saturated carbocycles. The quantitative estimate of drug-likeness (QED) is 0.877. The number of nitrogens with one attached hydrogen (secondary N) is 1. The molecule has 0 atom stereocenters. The molecule has 4 heteroatoms. The number of hydrogen-bond acceptors (Lipinski definition) is 2. The van der Waals surface area contributed by atoms with E-state index in [1.165, 1.54) is 4.68 Å². The number of nitrogens with zero attached hydrogens (tertiary/aromatic N) is 2. The van der Waals surface area contributed by atoms with Crippen molar-refractivity contribution in [2.75, 3.05) is 0 Å². The van der Waals surface area contributed by atoms with Crippen molar-refractivity contribution in [2.24, 2.45) is 0 Å². The summed E-state index contributed by atoms with van der Waals surface area (Å²) in [6.45, 7) is 4.10. The van der Waals surface area contributed by atoms with Crippen LogP contribution >= 0.6 is 0 Å². The van der Waals surface area contributed by atoms with Gasteiger partial charge in [-0.3, -0.25) is 4.98 Å². The lowest BCUT2D eigenvalue weighted by Gasteiger charge is -2.02. The van der Waals surface area contributed by atoms with E-state index in [4.69, 9.17) is 0 Å². The zero-order valence-corrected chi connectivity index (χ0v) is 10.2. The summed E-state index contributed by atoms with van der Waals surface area (Å²) in [6, 6.07) is 7.74. The van der Waals surface area contributed by atoms with Crippen molar-refractivity contribution in [3.63, 3.8) is 0 Å². The predicted octanol–water partition coefficient (Wildman–Crippen LogP) is 2.21. The molecule has 0 fully saturated rings. The number of aromatic amines is 1. The van der Waals surface area contributed by atoms with Gasteiger partial charge in [0, 0.05) is 6.42 Å². The second kappa shape index (κ2) is 4.99. The molecular weight excluding hydrogens is 214 g/mol. The van der Waals surface area contributed by atoms with Crippen molar-refractivity contribution in [3.8, 4) is 5.69 Å². The van der Waals surface area contributed by atoms with Gasteiger partial charge in [0.1, 0.15) is 5.82 Å². The molecule has 17 heavy (non-hydrogen) atoms. The lowest BCUT2D eigenvalue weighted by Crippen LogP contribution is -2.16. The number of aromatic nitrogens is 3. The average molecular weight is 231 g/mol. The fourth-order valence-electron chi connectivity index (χ4n) is 1.79. The van der Waals surface area contributed by atoms with E-state index >= 15 is 0 Å². The van der Waals surface area contributed by atoms with Crippen LogP contribution in [0.5, 0.6) is 0 Å². The van der Waals surface area contributed by atoms with Crippen LogP contribution in [-0.2, 0) is 6.42 Å². The third-order valence-corrected chi connectivity index (χ3v) is 2.78. The van der Waals surface area contributed by atoms with Crippen LogP contribution in [0, 0.1) is 6.92 Å². The molecule has 90 valence electrons. The molecule has 1 heterocycles. The summed E-state index contributed by atoms with van der Waals surface area (Å²) in [5, 5.41) is 4.33. The number of aryl methyl sites for hydroxylation is 2. The summed E-state index contributed by atoms with van der Waals surface area (Å²) in [5.74, 6) is 0.764. The third kappa shape index (κ3) is 2.46. The van der Waals surface area contributed by atoms with Crippen LogP contribution in [0.15, 0.2) is 29.1 Å². The zero-order chi connectivity index (χ0) is 12.3. The molecule has 0 saturated heterocycles. The van der Waals surface area contributed by atoms with E-state index in [0.29, 0.717) is 0 Å². The van der Waals surface area contributed by atoms with Crippen LogP contribution < -0.4 is 5.69 Å². The number of rotatable bonds is 4. The van der Waals surface area contributed by atoms with Crippen LogP contribution in [0.2, 0.25) is 0 Å². The Morgan fingerprint density at radius 3 is 2.82 bits per heavy atom. The van der Waals surface area contributed by atoms with Crippen LogP contribution in [0.4, 0.5) is 0 Å². The Kier molecular flexibility index (Phi) is 3.42. The van der Waals surface area contributed by atoms with Crippen molar-refractivity contribution in [1.29, 1.82) is 0 Å². The first-order valence-electron chi connectivity index (χ1n) is 5.96. The summed E-state index contributed by atoms with van der Waals surface area (Å²) >= 11 is 0. The van der Waals surface area contributed by atoms with E-state index in [1.54, 1.807) is 0 Å². The highest BCUT2D eigenvalue weighted by molar-refractivity contribution is 5.38. The van der Waals surface area contributed by atoms with Gasteiger partial charge in [-0.15, -0.1) is 0 Å². The van der Waals surface area contributed by atoms with Crippen LogP contribution in [0.25, 0.3) is 5.69 Å². The molecule has 2 rings (SSSR count). The highest BCUT2D eigenvalue weighted by Gasteiger charge is 2.08. The van der Waals surface area contributed by atoms with E-state index in [0.717, 1.165) is 36.3 Å². The van der Waals surface area contributed by atoms with E-state index in [9.17, 15) is 4.79 Å². The Hall–Kier alpha value is -1.84. The van der Waals surface area contributed by atoms with Gasteiger partial charge in [0.25, 0.3) is 0 Å². The first kappa shape index (κ1) is 11.6. The Morgan fingerprint density at radius 1 is 1.35 bits per heavy atom. The van der Waals surface area contributed by atoms with Crippen molar-refractivity contribution in [1.82, 2.24) is 14.8 Å². The average Bonchev–Trinajstić information content (AvgIpc) is 2.68.